The summed E-state index contributed by atoms with van der Waals surface area (Å²) in [6.45, 7) is 0. The van der Waals surface area contributed by atoms with E-state index in [0.29, 0.717) is 5.52 Å². The number of nitrogens with zero attached hydrogens (tertiary/aromatic N) is 1. The van der Waals surface area contributed by atoms with Crippen LogP contribution in [0.4, 0.5) is 10.1 Å². The smallest absolute Gasteiger partial charge is 0.231 e. The highest BCUT2D eigenvalue weighted by Gasteiger charge is 2.15. The average Bonchev–Trinajstić information content (AvgIpc) is 2.92. The molecule has 106 valence electrons. The number of anilines is 1. The summed E-state index contributed by atoms with van der Waals surface area (Å²) in [4.78, 5) is 16.9. The van der Waals surface area contributed by atoms with Crippen molar-refractivity contribution < 1.29 is 9.18 Å². The van der Waals surface area contributed by atoms with Gasteiger partial charge in [0, 0.05) is 24.3 Å². The third kappa shape index (κ3) is 2.52. The number of fused-ring (bicyclic) bond motifs is 1. The summed E-state index contributed by atoms with van der Waals surface area (Å²) >= 11 is 0. The van der Waals surface area contributed by atoms with Gasteiger partial charge in [-0.25, -0.2) is 4.39 Å². The number of hydrogen-bond donors (Lipinski definition) is 1. The molecule has 0 aliphatic carbocycles. The maximum Gasteiger partial charge on any atom is 0.231 e. The SMILES string of the molecule is CN(C(=O)Cc1c[nH]c2c(F)cccc12)c1ccccc1. The highest BCUT2D eigenvalue weighted by atomic mass is 19.1. The van der Waals surface area contributed by atoms with E-state index in [4.69, 9.17) is 0 Å². The van der Waals surface area contributed by atoms with E-state index in [1.165, 1.54) is 6.07 Å². The van der Waals surface area contributed by atoms with Crippen LogP contribution in [-0.2, 0) is 11.2 Å². The summed E-state index contributed by atoms with van der Waals surface area (Å²) in [6.07, 6.45) is 1.93. The molecule has 1 N–H and O–H groups in total. The molecule has 0 radical (unpaired) electrons. The number of carbonyl (C=O) groups is 1. The van der Waals surface area contributed by atoms with Gasteiger partial charge in [0.1, 0.15) is 5.82 Å². The lowest BCUT2D eigenvalue weighted by Crippen LogP contribution is -2.27. The van der Waals surface area contributed by atoms with Gasteiger partial charge in [0.25, 0.3) is 0 Å². The maximum atomic E-state index is 13.6. The maximum absolute atomic E-state index is 13.6. The van der Waals surface area contributed by atoms with E-state index < -0.39 is 0 Å². The van der Waals surface area contributed by atoms with E-state index in [0.717, 1.165) is 16.6 Å². The van der Waals surface area contributed by atoms with E-state index in [2.05, 4.69) is 4.98 Å². The second kappa shape index (κ2) is 5.40. The van der Waals surface area contributed by atoms with Gasteiger partial charge in [-0.15, -0.1) is 0 Å². The Balaban J connectivity index is 1.85. The molecule has 0 bridgehead atoms. The van der Waals surface area contributed by atoms with Crippen LogP contribution in [0.3, 0.4) is 0 Å². The Morgan fingerprint density at radius 2 is 1.90 bits per heavy atom. The number of H-pyrrole nitrogens is 1. The van der Waals surface area contributed by atoms with Crippen molar-refractivity contribution in [3.8, 4) is 0 Å². The fourth-order valence-electron chi connectivity index (χ4n) is 2.40. The molecule has 1 amide bonds. The number of benzene rings is 2. The van der Waals surface area contributed by atoms with Crippen molar-refractivity contribution in [1.82, 2.24) is 4.98 Å². The third-order valence-electron chi connectivity index (χ3n) is 3.61. The van der Waals surface area contributed by atoms with Gasteiger partial charge in [0.2, 0.25) is 5.91 Å². The van der Waals surface area contributed by atoms with E-state index in [9.17, 15) is 9.18 Å². The number of amides is 1. The van der Waals surface area contributed by atoms with E-state index >= 15 is 0 Å². The van der Waals surface area contributed by atoms with Crippen molar-refractivity contribution in [3.05, 3.63) is 66.1 Å². The van der Waals surface area contributed by atoms with Gasteiger partial charge in [0.05, 0.1) is 11.9 Å². The first-order valence-electron chi connectivity index (χ1n) is 6.73. The van der Waals surface area contributed by atoms with Crippen LogP contribution >= 0.6 is 0 Å². The van der Waals surface area contributed by atoms with Gasteiger partial charge in [-0.3, -0.25) is 4.79 Å². The van der Waals surface area contributed by atoms with Crippen molar-refractivity contribution in [1.29, 1.82) is 0 Å². The fraction of sp³-hybridized carbons (Fsp3) is 0.118. The molecule has 0 fully saturated rings. The number of aromatic nitrogens is 1. The Labute approximate surface area is 122 Å². The number of halogens is 1. The number of nitrogens with one attached hydrogen (secondary N) is 1. The monoisotopic (exact) mass is 282 g/mol. The van der Waals surface area contributed by atoms with Crippen molar-refractivity contribution in [2.75, 3.05) is 11.9 Å². The predicted octanol–water partition coefficient (Wildman–Crippen LogP) is 3.51. The predicted molar refractivity (Wildman–Crippen MR) is 81.8 cm³/mol. The molecule has 21 heavy (non-hydrogen) atoms. The van der Waals surface area contributed by atoms with E-state index in [-0.39, 0.29) is 18.1 Å². The summed E-state index contributed by atoms with van der Waals surface area (Å²) in [5.41, 5.74) is 2.09. The largest absolute Gasteiger partial charge is 0.359 e. The Bertz CT molecular complexity index is 780. The fourth-order valence-corrected chi connectivity index (χ4v) is 2.40. The van der Waals surface area contributed by atoms with E-state index in [1.54, 1.807) is 24.2 Å². The molecular formula is C17H15FN2O. The standard InChI is InChI=1S/C17H15FN2O/c1-20(13-6-3-2-4-7-13)16(21)10-12-11-19-17-14(12)8-5-9-15(17)18/h2-9,11,19H,10H2,1H3. The molecule has 3 rings (SSSR count). The Morgan fingerprint density at radius 3 is 2.67 bits per heavy atom. The Hall–Kier alpha value is -2.62. The highest BCUT2D eigenvalue weighted by molar-refractivity contribution is 5.97. The zero-order chi connectivity index (χ0) is 14.8. The molecule has 0 unspecified atom stereocenters. The first-order chi connectivity index (χ1) is 10.2. The molecule has 1 heterocycles. The molecule has 0 spiro atoms. The zero-order valence-electron chi connectivity index (χ0n) is 11.6. The first-order valence-corrected chi connectivity index (χ1v) is 6.73. The van der Waals surface area contributed by atoms with Gasteiger partial charge in [0.15, 0.2) is 0 Å². The minimum absolute atomic E-state index is 0.0358. The lowest BCUT2D eigenvalue weighted by molar-refractivity contribution is -0.117. The quantitative estimate of drug-likeness (QED) is 0.784. The number of aromatic amines is 1. The Kier molecular flexibility index (Phi) is 3.44. The first kappa shape index (κ1) is 13.4. The number of para-hydroxylation sites is 2. The molecule has 2 aromatic carbocycles. The molecule has 0 aliphatic rings. The van der Waals surface area contributed by atoms with Crippen molar-refractivity contribution in [3.63, 3.8) is 0 Å². The van der Waals surface area contributed by atoms with Crippen LogP contribution in [-0.4, -0.2) is 17.9 Å². The molecule has 1 aromatic heterocycles. The normalized spacial score (nSPS) is 10.8. The van der Waals surface area contributed by atoms with Crippen molar-refractivity contribution in [2.24, 2.45) is 0 Å². The summed E-state index contributed by atoms with van der Waals surface area (Å²) < 4.78 is 13.6. The lowest BCUT2D eigenvalue weighted by atomic mass is 10.1. The number of hydrogen-bond acceptors (Lipinski definition) is 1. The second-order valence-corrected chi connectivity index (χ2v) is 4.94. The minimum atomic E-state index is -0.303. The average molecular weight is 282 g/mol. The zero-order valence-corrected chi connectivity index (χ0v) is 11.6. The summed E-state index contributed by atoms with van der Waals surface area (Å²) in [5, 5.41) is 0.754. The third-order valence-corrected chi connectivity index (χ3v) is 3.61. The second-order valence-electron chi connectivity index (χ2n) is 4.94. The van der Waals surface area contributed by atoms with Gasteiger partial charge in [-0.1, -0.05) is 30.3 Å². The molecule has 0 aliphatic heterocycles. The topological polar surface area (TPSA) is 36.1 Å². The summed E-state index contributed by atoms with van der Waals surface area (Å²) in [6, 6.07) is 14.3. The molecule has 0 saturated heterocycles. The summed E-state index contributed by atoms with van der Waals surface area (Å²) in [7, 11) is 1.74. The highest BCUT2D eigenvalue weighted by Crippen LogP contribution is 2.22. The van der Waals surface area contributed by atoms with Gasteiger partial charge in [-0.2, -0.15) is 0 Å². The molecule has 0 saturated carbocycles. The van der Waals surface area contributed by atoms with Gasteiger partial charge < -0.3 is 9.88 Å². The number of likely N-dealkylation sites (N-methyl/N-ethyl adjacent to an activating group) is 1. The minimum Gasteiger partial charge on any atom is -0.359 e. The molecule has 3 nitrogen and oxygen atoms in total. The van der Waals surface area contributed by atoms with Crippen LogP contribution in [0, 0.1) is 5.82 Å². The van der Waals surface area contributed by atoms with Crippen molar-refractivity contribution in [2.45, 2.75) is 6.42 Å². The van der Waals surface area contributed by atoms with Crippen LogP contribution in [0.5, 0.6) is 0 Å². The summed E-state index contributed by atoms with van der Waals surface area (Å²) in [5.74, 6) is -0.339. The number of rotatable bonds is 3. The Morgan fingerprint density at radius 1 is 1.14 bits per heavy atom. The number of carbonyl (C=O) groups excluding carboxylic acids is 1. The van der Waals surface area contributed by atoms with Crippen LogP contribution in [0.15, 0.2) is 54.7 Å². The van der Waals surface area contributed by atoms with Gasteiger partial charge in [-0.05, 0) is 23.8 Å². The molecule has 4 heteroatoms. The lowest BCUT2D eigenvalue weighted by Gasteiger charge is -2.17. The van der Waals surface area contributed by atoms with Crippen LogP contribution in [0.25, 0.3) is 10.9 Å². The van der Waals surface area contributed by atoms with Crippen molar-refractivity contribution >= 4 is 22.5 Å². The molecule has 0 atom stereocenters. The van der Waals surface area contributed by atoms with Crippen LogP contribution in [0.1, 0.15) is 5.56 Å². The van der Waals surface area contributed by atoms with Crippen LogP contribution in [0.2, 0.25) is 0 Å². The molecule has 3 aromatic rings. The van der Waals surface area contributed by atoms with Crippen LogP contribution < -0.4 is 4.90 Å². The molecular weight excluding hydrogens is 267 g/mol. The van der Waals surface area contributed by atoms with Gasteiger partial charge >= 0.3 is 0 Å². The van der Waals surface area contributed by atoms with E-state index in [1.807, 2.05) is 36.4 Å².